The van der Waals surface area contributed by atoms with Crippen LogP contribution in [0.15, 0.2) is 58.6 Å². The van der Waals surface area contributed by atoms with Gasteiger partial charge in [-0.15, -0.1) is 0 Å². The highest BCUT2D eigenvalue weighted by atomic mass is 32.2. The second kappa shape index (κ2) is 9.38. The van der Waals surface area contributed by atoms with Crippen molar-refractivity contribution in [2.75, 3.05) is 43.4 Å². The number of hydrogen-bond acceptors (Lipinski definition) is 8. The molecule has 0 aromatic carbocycles. The summed E-state index contributed by atoms with van der Waals surface area (Å²) in [4.78, 5) is 17.3. The molecule has 1 saturated heterocycles. The van der Waals surface area contributed by atoms with Crippen LogP contribution in [-0.4, -0.2) is 47.7 Å². The average Bonchev–Trinajstić information content (AvgIpc) is 2.70. The largest absolute Gasteiger partial charge is 0.472 e. The van der Waals surface area contributed by atoms with Gasteiger partial charge in [0.05, 0.1) is 11.1 Å². The molecule has 7 nitrogen and oxygen atoms in total. The van der Waals surface area contributed by atoms with E-state index in [-0.39, 0.29) is 0 Å². The number of pyridine rings is 1. The fourth-order valence-corrected chi connectivity index (χ4v) is 3.34. The quantitative estimate of drug-likeness (QED) is 0.704. The summed E-state index contributed by atoms with van der Waals surface area (Å²) in [5.41, 5.74) is 6.73. The zero-order chi connectivity index (χ0) is 19.1. The number of hydrogen-bond donors (Lipinski definition) is 2. The van der Waals surface area contributed by atoms with E-state index < -0.39 is 0 Å². The van der Waals surface area contributed by atoms with E-state index in [0.29, 0.717) is 24.3 Å². The van der Waals surface area contributed by atoms with Crippen molar-refractivity contribution >= 4 is 23.5 Å². The molecule has 142 valence electrons. The maximum atomic E-state index is 6.00. The summed E-state index contributed by atoms with van der Waals surface area (Å²) >= 11 is 1.50. The Bertz CT molecular complexity index is 802. The molecule has 2 aromatic heterocycles. The van der Waals surface area contributed by atoms with E-state index in [9.17, 15) is 0 Å². The number of nitrogens with two attached hydrogens (primary N) is 1. The minimum absolute atomic E-state index is 0.442. The van der Waals surface area contributed by atoms with Crippen molar-refractivity contribution in [3.05, 3.63) is 48.8 Å². The number of aromatic nitrogens is 3. The van der Waals surface area contributed by atoms with Gasteiger partial charge < -0.3 is 20.7 Å². The van der Waals surface area contributed by atoms with Gasteiger partial charge in [0.25, 0.3) is 0 Å². The normalized spacial score (nSPS) is 14.9. The van der Waals surface area contributed by atoms with Gasteiger partial charge in [0.1, 0.15) is 12.4 Å². The van der Waals surface area contributed by atoms with E-state index in [1.807, 2.05) is 25.3 Å². The van der Waals surface area contributed by atoms with Crippen LogP contribution in [0.1, 0.15) is 6.92 Å². The van der Waals surface area contributed by atoms with Crippen LogP contribution in [0.2, 0.25) is 0 Å². The molecule has 0 radical (unpaired) electrons. The van der Waals surface area contributed by atoms with Gasteiger partial charge in [-0.05, 0) is 24.6 Å². The summed E-state index contributed by atoms with van der Waals surface area (Å²) in [5.74, 6) is 1.75. The molecule has 1 aliphatic rings. The van der Waals surface area contributed by atoms with Crippen LogP contribution in [0.3, 0.4) is 0 Å². The van der Waals surface area contributed by atoms with Gasteiger partial charge in [0.2, 0.25) is 11.8 Å². The van der Waals surface area contributed by atoms with E-state index in [4.69, 9.17) is 10.5 Å². The fourth-order valence-electron chi connectivity index (χ4n) is 2.55. The number of nitrogens with zero attached hydrogens (tertiary/aromatic N) is 4. The highest BCUT2D eigenvalue weighted by molar-refractivity contribution is 7.99. The van der Waals surface area contributed by atoms with Crippen molar-refractivity contribution < 1.29 is 4.74 Å². The lowest BCUT2D eigenvalue weighted by Gasteiger charge is -2.27. The van der Waals surface area contributed by atoms with Gasteiger partial charge in [0.15, 0.2) is 0 Å². The van der Waals surface area contributed by atoms with Gasteiger partial charge >= 0.3 is 0 Å². The summed E-state index contributed by atoms with van der Waals surface area (Å²) < 4.78 is 6.00. The highest BCUT2D eigenvalue weighted by Gasteiger charge is 2.17. The fraction of sp³-hybridized carbons (Fsp3) is 0.316. The number of nitrogens with one attached hydrogen (secondary N) is 1. The van der Waals surface area contributed by atoms with Gasteiger partial charge in [0, 0.05) is 37.3 Å². The maximum absolute atomic E-state index is 6.00. The summed E-state index contributed by atoms with van der Waals surface area (Å²) in [7, 11) is 0. The minimum Gasteiger partial charge on any atom is -0.472 e. The first kappa shape index (κ1) is 19.2. The second-order valence-corrected chi connectivity index (χ2v) is 7.25. The summed E-state index contributed by atoms with van der Waals surface area (Å²) in [6, 6.07) is 3.69. The molecule has 0 bridgehead atoms. The molecule has 3 rings (SSSR count). The number of allylic oxidation sites excluding steroid dienone is 2. The number of anilines is 2. The average molecular weight is 385 g/mol. The van der Waals surface area contributed by atoms with Crippen LogP contribution in [0.5, 0.6) is 5.88 Å². The van der Waals surface area contributed by atoms with Crippen molar-refractivity contribution in [2.24, 2.45) is 0 Å². The maximum Gasteiger partial charge on any atom is 0.232 e. The first-order valence-corrected chi connectivity index (χ1v) is 9.60. The molecule has 0 unspecified atom stereocenters. The predicted molar refractivity (Wildman–Crippen MR) is 109 cm³/mol. The molecule has 0 amide bonds. The molecule has 27 heavy (non-hydrogen) atoms. The molecular formula is C19H24N6OS. The van der Waals surface area contributed by atoms with Gasteiger partial charge in [-0.25, -0.2) is 9.97 Å². The molecule has 0 aliphatic carbocycles. The van der Waals surface area contributed by atoms with Crippen molar-refractivity contribution in [2.45, 2.75) is 16.7 Å². The molecule has 3 N–H and O–H groups in total. The van der Waals surface area contributed by atoms with Gasteiger partial charge in [-0.3, -0.25) is 0 Å². The zero-order valence-corrected chi connectivity index (χ0v) is 16.2. The van der Waals surface area contributed by atoms with Gasteiger partial charge in [-0.1, -0.05) is 30.5 Å². The molecule has 8 heteroatoms. The molecular weight excluding hydrogens is 360 g/mol. The molecule has 0 spiro atoms. The van der Waals surface area contributed by atoms with Crippen LogP contribution >= 0.6 is 11.8 Å². The predicted octanol–water partition coefficient (Wildman–Crippen LogP) is 2.53. The lowest BCUT2D eigenvalue weighted by Crippen LogP contribution is -2.44. The molecule has 1 fully saturated rings. The second-order valence-electron chi connectivity index (χ2n) is 6.13. The lowest BCUT2D eigenvalue weighted by molar-refractivity contribution is 0.328. The third kappa shape index (κ3) is 5.45. The third-order valence-electron chi connectivity index (χ3n) is 3.94. The smallest absolute Gasteiger partial charge is 0.232 e. The third-order valence-corrected chi connectivity index (χ3v) is 4.91. The van der Waals surface area contributed by atoms with Crippen molar-refractivity contribution in [3.8, 4) is 5.88 Å². The highest BCUT2D eigenvalue weighted by Crippen LogP contribution is 2.34. The van der Waals surface area contributed by atoms with E-state index in [1.54, 1.807) is 18.3 Å². The van der Waals surface area contributed by atoms with Crippen molar-refractivity contribution in [1.82, 2.24) is 20.3 Å². The number of ether oxygens (including phenoxy) is 1. The van der Waals surface area contributed by atoms with Crippen molar-refractivity contribution in [3.63, 3.8) is 0 Å². The van der Waals surface area contributed by atoms with E-state index in [0.717, 1.165) is 41.5 Å². The molecule has 0 saturated carbocycles. The Morgan fingerprint density at radius 3 is 2.85 bits per heavy atom. The number of rotatable bonds is 7. The molecule has 0 atom stereocenters. The Morgan fingerprint density at radius 2 is 2.15 bits per heavy atom. The Hall–Kier alpha value is -2.58. The van der Waals surface area contributed by atoms with E-state index in [2.05, 4.69) is 31.7 Å². The Labute approximate surface area is 163 Å². The van der Waals surface area contributed by atoms with Crippen LogP contribution in [-0.2, 0) is 0 Å². The summed E-state index contributed by atoms with van der Waals surface area (Å²) in [6.45, 7) is 9.77. The van der Waals surface area contributed by atoms with Crippen molar-refractivity contribution in [1.29, 1.82) is 0 Å². The number of piperazine rings is 1. The van der Waals surface area contributed by atoms with Crippen LogP contribution in [0.25, 0.3) is 0 Å². The van der Waals surface area contributed by atoms with E-state index >= 15 is 0 Å². The molecule has 1 aliphatic heterocycles. The van der Waals surface area contributed by atoms with Crippen LogP contribution in [0, 0.1) is 0 Å². The topological polar surface area (TPSA) is 89.2 Å². The standard InChI is InChI=1S/C19H24N6OS/c1-3-4-14(2)13-26-18-16(27-15-5-6-17(20)22-11-15)12-23-19(24-18)25-9-7-21-8-10-25/h3-6,11-12,21H,1,7-10,13H2,2H3,(H2,20,22)/b14-4+. The SMILES string of the molecule is C=C/C=C(\C)COc1nc(N2CCNCC2)ncc1Sc1ccc(N)nc1. The lowest BCUT2D eigenvalue weighted by atomic mass is 10.3. The Balaban J connectivity index is 1.84. The molecule has 3 heterocycles. The summed E-state index contributed by atoms with van der Waals surface area (Å²) in [6.07, 6.45) is 7.22. The number of nitrogen functional groups attached to an aromatic ring is 1. The Kier molecular flexibility index (Phi) is 6.67. The van der Waals surface area contributed by atoms with Gasteiger partial charge in [-0.2, -0.15) is 4.98 Å². The monoisotopic (exact) mass is 384 g/mol. The van der Waals surface area contributed by atoms with Crippen LogP contribution in [0.4, 0.5) is 11.8 Å². The first-order chi connectivity index (χ1) is 13.2. The first-order valence-electron chi connectivity index (χ1n) is 8.79. The zero-order valence-electron chi connectivity index (χ0n) is 15.4. The summed E-state index contributed by atoms with van der Waals surface area (Å²) in [5, 5.41) is 3.34. The van der Waals surface area contributed by atoms with E-state index in [1.165, 1.54) is 11.8 Å². The molecule has 2 aromatic rings. The Morgan fingerprint density at radius 1 is 1.33 bits per heavy atom. The van der Waals surface area contributed by atoms with Crippen LogP contribution < -0.4 is 20.7 Å². The minimum atomic E-state index is 0.442.